The average molecular weight is 410 g/mol. The Kier molecular flexibility index (Phi) is 4.86. The van der Waals surface area contributed by atoms with Crippen molar-refractivity contribution in [1.29, 1.82) is 5.26 Å². The Labute approximate surface area is 171 Å². The van der Waals surface area contributed by atoms with Crippen LogP contribution in [0.5, 0.6) is 0 Å². The van der Waals surface area contributed by atoms with Crippen molar-refractivity contribution < 1.29 is 22.7 Å². The molecule has 152 valence electrons. The van der Waals surface area contributed by atoms with Gasteiger partial charge < -0.3 is 10.5 Å². The van der Waals surface area contributed by atoms with Gasteiger partial charge in [-0.25, -0.2) is 0 Å². The van der Waals surface area contributed by atoms with E-state index in [2.05, 4.69) is 0 Å². The Morgan fingerprint density at radius 3 is 2.40 bits per heavy atom. The fourth-order valence-electron chi connectivity index (χ4n) is 4.10. The number of carbonyl (C=O) groups excluding carboxylic acids is 1. The summed E-state index contributed by atoms with van der Waals surface area (Å²) >= 11 is 0. The summed E-state index contributed by atoms with van der Waals surface area (Å²) in [4.78, 5) is 13.1. The van der Waals surface area contributed by atoms with Crippen molar-refractivity contribution in [3.63, 3.8) is 0 Å². The van der Waals surface area contributed by atoms with Gasteiger partial charge in [-0.1, -0.05) is 48.5 Å². The van der Waals surface area contributed by atoms with E-state index < -0.39 is 17.7 Å². The zero-order chi connectivity index (χ0) is 21.5. The van der Waals surface area contributed by atoms with E-state index in [0.717, 1.165) is 17.7 Å². The van der Waals surface area contributed by atoms with Gasteiger partial charge in [-0.15, -0.1) is 0 Å². The molecule has 2 aromatic carbocycles. The summed E-state index contributed by atoms with van der Waals surface area (Å²) < 4.78 is 45.3. The number of nitrogens with two attached hydrogens (primary N) is 1. The molecule has 0 unspecified atom stereocenters. The number of nitrogens with zero attached hydrogens (tertiary/aromatic N) is 1. The van der Waals surface area contributed by atoms with Gasteiger partial charge in [-0.3, -0.25) is 4.79 Å². The average Bonchev–Trinajstić information content (AvgIpc) is 2.72. The van der Waals surface area contributed by atoms with E-state index in [0.29, 0.717) is 12.2 Å². The molecule has 2 N–H and O–H groups in total. The van der Waals surface area contributed by atoms with Gasteiger partial charge in [0.05, 0.1) is 11.5 Å². The van der Waals surface area contributed by atoms with E-state index in [1.165, 1.54) is 12.1 Å². The fourth-order valence-corrected chi connectivity index (χ4v) is 4.10. The van der Waals surface area contributed by atoms with E-state index in [1.807, 2.05) is 36.4 Å². The maximum absolute atomic E-state index is 13.2. The molecule has 1 aliphatic heterocycles. The second-order valence-electron chi connectivity index (χ2n) is 7.32. The molecule has 7 heteroatoms. The predicted octanol–water partition coefficient (Wildman–Crippen LogP) is 4.91. The van der Waals surface area contributed by atoms with Crippen LogP contribution in [-0.4, -0.2) is 5.78 Å². The number of ether oxygens (including phenoxy) is 1. The number of alkyl halides is 3. The van der Waals surface area contributed by atoms with Crippen molar-refractivity contribution in [2.24, 2.45) is 5.73 Å². The van der Waals surface area contributed by atoms with Gasteiger partial charge in [0.2, 0.25) is 5.88 Å². The molecule has 0 saturated heterocycles. The van der Waals surface area contributed by atoms with Crippen LogP contribution in [0.3, 0.4) is 0 Å². The molecule has 0 fully saturated rings. The lowest BCUT2D eigenvalue weighted by molar-refractivity contribution is -0.137. The maximum Gasteiger partial charge on any atom is 0.416 e. The third-order valence-electron chi connectivity index (χ3n) is 5.48. The van der Waals surface area contributed by atoms with Crippen molar-refractivity contribution >= 4 is 5.78 Å². The Balaban J connectivity index is 1.81. The summed E-state index contributed by atoms with van der Waals surface area (Å²) in [5.74, 6) is -1.23. The molecule has 0 saturated carbocycles. The molecule has 4 nitrogen and oxygen atoms in total. The van der Waals surface area contributed by atoms with Crippen LogP contribution in [0.4, 0.5) is 13.2 Å². The highest BCUT2D eigenvalue weighted by Crippen LogP contribution is 2.47. The number of nitriles is 1. The van der Waals surface area contributed by atoms with E-state index in [-0.39, 0.29) is 40.7 Å². The monoisotopic (exact) mass is 410 g/mol. The number of rotatable bonds is 2. The molecule has 0 spiro atoms. The van der Waals surface area contributed by atoms with Gasteiger partial charge >= 0.3 is 6.18 Å². The van der Waals surface area contributed by atoms with Gasteiger partial charge in [0, 0.05) is 18.4 Å². The Morgan fingerprint density at radius 1 is 1.03 bits per heavy atom. The number of hydrogen-bond acceptors (Lipinski definition) is 4. The lowest BCUT2D eigenvalue weighted by atomic mass is 9.73. The number of Topliss-reactive ketones (excluding diaryl/α,β-unsaturated/α-hetero) is 1. The van der Waals surface area contributed by atoms with E-state index in [4.69, 9.17) is 10.5 Å². The molecular weight excluding hydrogens is 393 g/mol. The summed E-state index contributed by atoms with van der Waals surface area (Å²) in [5.41, 5.74) is 6.40. The van der Waals surface area contributed by atoms with Gasteiger partial charge in [0.1, 0.15) is 17.4 Å². The van der Waals surface area contributed by atoms with Crippen molar-refractivity contribution in [2.45, 2.75) is 30.9 Å². The highest BCUT2D eigenvalue weighted by Gasteiger charge is 2.41. The summed E-state index contributed by atoms with van der Waals surface area (Å²) in [5, 5.41) is 9.60. The third kappa shape index (κ3) is 3.45. The van der Waals surface area contributed by atoms with Crippen LogP contribution in [0.25, 0.3) is 0 Å². The quantitative estimate of drug-likeness (QED) is 0.763. The minimum Gasteiger partial charge on any atom is -0.444 e. The smallest absolute Gasteiger partial charge is 0.416 e. The second-order valence-corrected chi connectivity index (χ2v) is 7.32. The van der Waals surface area contributed by atoms with Crippen LogP contribution in [0.2, 0.25) is 0 Å². The summed E-state index contributed by atoms with van der Waals surface area (Å²) in [6, 6.07) is 16.0. The topological polar surface area (TPSA) is 76.1 Å². The largest absolute Gasteiger partial charge is 0.444 e. The number of benzene rings is 2. The number of carbonyl (C=O) groups is 1. The molecule has 0 amide bonds. The highest BCUT2D eigenvalue weighted by molar-refractivity contribution is 6.00. The van der Waals surface area contributed by atoms with Crippen molar-refractivity contribution in [2.75, 3.05) is 0 Å². The van der Waals surface area contributed by atoms with Gasteiger partial charge in [-0.2, -0.15) is 18.4 Å². The lowest BCUT2D eigenvalue weighted by Gasteiger charge is -2.34. The normalized spacial score (nSPS) is 21.7. The predicted molar refractivity (Wildman–Crippen MR) is 103 cm³/mol. The van der Waals surface area contributed by atoms with E-state index in [1.54, 1.807) is 0 Å². The molecule has 1 aliphatic carbocycles. The van der Waals surface area contributed by atoms with E-state index in [9.17, 15) is 23.2 Å². The fraction of sp³-hybridized carbons (Fsp3) is 0.217. The van der Waals surface area contributed by atoms with Gasteiger partial charge in [-0.05, 0) is 23.1 Å². The molecule has 0 radical (unpaired) electrons. The molecule has 1 heterocycles. The number of hydrogen-bond donors (Lipinski definition) is 1. The molecule has 0 aromatic heterocycles. The Hall–Kier alpha value is -3.53. The van der Waals surface area contributed by atoms with Crippen molar-refractivity contribution in [1.82, 2.24) is 0 Å². The van der Waals surface area contributed by atoms with Crippen molar-refractivity contribution in [3.8, 4) is 6.07 Å². The molecule has 4 rings (SSSR count). The first kappa shape index (κ1) is 19.8. The lowest BCUT2D eigenvalue weighted by Crippen LogP contribution is -2.30. The first-order valence-electron chi connectivity index (χ1n) is 9.35. The number of ketones is 1. The van der Waals surface area contributed by atoms with Crippen LogP contribution in [0.15, 0.2) is 77.4 Å². The molecule has 2 aliphatic rings. The molecule has 30 heavy (non-hydrogen) atoms. The SMILES string of the molecule is N#CC1=C(N)OC2=C(C(=O)C[C@@H](c3ccccc3)C2)[C@@H]1c1cccc(C(F)(F)F)c1. The van der Waals surface area contributed by atoms with Crippen LogP contribution < -0.4 is 5.73 Å². The molecular formula is C23H17F3N2O2. The summed E-state index contributed by atoms with van der Waals surface area (Å²) in [6.07, 6.45) is -3.99. The first-order valence-corrected chi connectivity index (χ1v) is 9.35. The van der Waals surface area contributed by atoms with Gasteiger partial charge in [0.15, 0.2) is 5.78 Å². The summed E-state index contributed by atoms with van der Waals surface area (Å²) in [7, 11) is 0. The van der Waals surface area contributed by atoms with Crippen molar-refractivity contribution in [3.05, 3.63) is 94.1 Å². The third-order valence-corrected chi connectivity index (χ3v) is 5.48. The van der Waals surface area contributed by atoms with Crippen LogP contribution in [0.1, 0.15) is 41.4 Å². The first-order chi connectivity index (χ1) is 14.3. The second kappa shape index (κ2) is 7.38. The minimum absolute atomic E-state index is 0.0559. The zero-order valence-corrected chi connectivity index (χ0v) is 15.7. The Bertz CT molecular complexity index is 1110. The van der Waals surface area contributed by atoms with Crippen LogP contribution in [0, 0.1) is 11.3 Å². The van der Waals surface area contributed by atoms with Crippen LogP contribution in [-0.2, 0) is 15.7 Å². The molecule has 2 aromatic rings. The maximum atomic E-state index is 13.2. The standard InChI is InChI=1S/C23H17F3N2O2/c24-23(25,26)16-8-4-7-14(9-16)20-17(12-27)22(28)30-19-11-15(10-18(29)21(19)20)13-5-2-1-3-6-13/h1-9,15,20H,10-11,28H2/t15-,20-/m1/s1. The Morgan fingerprint density at radius 2 is 1.73 bits per heavy atom. The zero-order valence-electron chi connectivity index (χ0n) is 15.7. The molecule has 0 bridgehead atoms. The highest BCUT2D eigenvalue weighted by atomic mass is 19.4. The number of allylic oxidation sites excluding steroid dienone is 3. The number of halogens is 3. The van der Waals surface area contributed by atoms with E-state index >= 15 is 0 Å². The molecule has 2 atom stereocenters. The van der Waals surface area contributed by atoms with Gasteiger partial charge in [0.25, 0.3) is 0 Å². The summed E-state index contributed by atoms with van der Waals surface area (Å²) in [6.45, 7) is 0. The minimum atomic E-state index is -4.55. The van der Waals surface area contributed by atoms with Crippen LogP contribution >= 0.6 is 0 Å².